The Labute approximate surface area is 183 Å². The number of hydrogen-bond acceptors (Lipinski definition) is 6. The van der Waals surface area contributed by atoms with E-state index in [2.05, 4.69) is 4.98 Å². The summed E-state index contributed by atoms with van der Waals surface area (Å²) < 4.78 is 16.0. The van der Waals surface area contributed by atoms with Gasteiger partial charge in [-0.15, -0.1) is 0 Å². The highest BCUT2D eigenvalue weighted by atomic mass is 16.6. The first-order chi connectivity index (χ1) is 15.5. The Morgan fingerprint density at radius 3 is 2.22 bits per heavy atom. The summed E-state index contributed by atoms with van der Waals surface area (Å²) in [6, 6.07) is 15.2. The van der Waals surface area contributed by atoms with Crippen LogP contribution >= 0.6 is 0 Å². The number of carbonyl (C=O) groups is 1. The second-order valence-corrected chi connectivity index (χ2v) is 7.01. The highest BCUT2D eigenvalue weighted by Gasteiger charge is 2.20. The van der Waals surface area contributed by atoms with Gasteiger partial charge in [0.1, 0.15) is 0 Å². The first-order valence-electron chi connectivity index (χ1n) is 9.67. The lowest BCUT2D eigenvalue weighted by atomic mass is 9.99. The average Bonchev–Trinajstić information content (AvgIpc) is 3.25. The van der Waals surface area contributed by atoms with Crippen molar-refractivity contribution in [1.29, 1.82) is 0 Å². The van der Waals surface area contributed by atoms with E-state index in [1.807, 2.05) is 18.2 Å². The van der Waals surface area contributed by atoms with E-state index in [0.29, 0.717) is 33.9 Å². The molecule has 8 nitrogen and oxygen atoms in total. The summed E-state index contributed by atoms with van der Waals surface area (Å²) in [5.41, 5.74) is 3.16. The number of nitro benzene ring substituents is 1. The van der Waals surface area contributed by atoms with Gasteiger partial charge in [-0.05, 0) is 29.3 Å². The number of non-ortho nitro benzene ring substituents is 1. The van der Waals surface area contributed by atoms with E-state index in [1.165, 1.54) is 33.5 Å². The molecule has 4 rings (SSSR count). The maximum atomic E-state index is 13.3. The van der Waals surface area contributed by atoms with Gasteiger partial charge in [0.05, 0.1) is 26.3 Å². The van der Waals surface area contributed by atoms with Crippen molar-refractivity contribution in [2.45, 2.75) is 0 Å². The first kappa shape index (κ1) is 20.9. The van der Waals surface area contributed by atoms with E-state index in [1.54, 1.807) is 30.5 Å². The number of ketones is 1. The number of benzene rings is 3. The fourth-order valence-corrected chi connectivity index (χ4v) is 3.66. The molecule has 0 aliphatic rings. The van der Waals surface area contributed by atoms with Gasteiger partial charge in [-0.2, -0.15) is 0 Å². The number of aromatic amines is 1. The molecule has 0 spiro atoms. The summed E-state index contributed by atoms with van der Waals surface area (Å²) >= 11 is 0. The van der Waals surface area contributed by atoms with Crippen LogP contribution in [0.1, 0.15) is 15.9 Å². The number of nitro groups is 1. The molecular formula is C24H20N2O6. The lowest BCUT2D eigenvalue weighted by Gasteiger charge is -2.13. The zero-order chi connectivity index (χ0) is 22.8. The first-order valence-corrected chi connectivity index (χ1v) is 9.67. The molecule has 162 valence electrons. The van der Waals surface area contributed by atoms with Gasteiger partial charge >= 0.3 is 0 Å². The van der Waals surface area contributed by atoms with Crippen molar-refractivity contribution in [3.05, 3.63) is 82.0 Å². The van der Waals surface area contributed by atoms with Crippen LogP contribution in [0.5, 0.6) is 17.2 Å². The van der Waals surface area contributed by atoms with Crippen molar-refractivity contribution >= 4 is 22.4 Å². The molecule has 8 heteroatoms. The molecule has 1 N–H and O–H groups in total. The Balaban J connectivity index is 1.74. The Morgan fingerprint density at radius 1 is 0.906 bits per heavy atom. The second-order valence-electron chi connectivity index (χ2n) is 7.01. The molecule has 0 radical (unpaired) electrons. The fourth-order valence-electron chi connectivity index (χ4n) is 3.66. The molecule has 0 amide bonds. The predicted molar refractivity (Wildman–Crippen MR) is 120 cm³/mol. The Bertz CT molecular complexity index is 1320. The van der Waals surface area contributed by atoms with E-state index in [-0.39, 0.29) is 11.5 Å². The number of carbonyl (C=O) groups excluding carboxylic acids is 1. The van der Waals surface area contributed by atoms with Crippen LogP contribution in [-0.4, -0.2) is 37.0 Å². The van der Waals surface area contributed by atoms with E-state index in [0.717, 1.165) is 16.5 Å². The highest BCUT2D eigenvalue weighted by molar-refractivity contribution is 6.17. The second kappa shape index (κ2) is 8.43. The minimum absolute atomic E-state index is 0.0207. The molecular weight excluding hydrogens is 412 g/mol. The molecule has 0 fully saturated rings. The number of rotatable bonds is 7. The monoisotopic (exact) mass is 432 g/mol. The summed E-state index contributed by atoms with van der Waals surface area (Å²) in [5.74, 6) is 0.983. The highest BCUT2D eigenvalue weighted by Crippen LogP contribution is 2.39. The molecule has 0 unspecified atom stereocenters. The number of nitrogens with zero attached hydrogens (tertiary/aromatic N) is 1. The maximum Gasteiger partial charge on any atom is 0.270 e. The van der Waals surface area contributed by atoms with Crippen LogP contribution in [0.15, 0.2) is 60.8 Å². The number of aromatic nitrogens is 1. The molecule has 4 aromatic rings. The van der Waals surface area contributed by atoms with Gasteiger partial charge in [-0.3, -0.25) is 14.9 Å². The summed E-state index contributed by atoms with van der Waals surface area (Å²) in [5, 5.41) is 11.8. The lowest BCUT2D eigenvalue weighted by Crippen LogP contribution is -2.03. The standard InChI is InChI=1S/C24H20N2O6/c1-30-21-11-16(12-22(31-2)24(21)32-3)23(27)19-13-25-20-10-15(7-8-18(19)20)14-5-4-6-17(9-14)26(28)29/h4-13,25H,1-3H3. The average molecular weight is 432 g/mol. The van der Waals surface area contributed by atoms with Gasteiger partial charge in [0.25, 0.3) is 5.69 Å². The minimum Gasteiger partial charge on any atom is -0.493 e. The number of H-pyrrole nitrogens is 1. The summed E-state index contributed by atoms with van der Waals surface area (Å²) in [6.45, 7) is 0. The Kier molecular flexibility index (Phi) is 5.51. The largest absolute Gasteiger partial charge is 0.493 e. The number of ether oxygens (including phenoxy) is 3. The van der Waals surface area contributed by atoms with E-state index in [4.69, 9.17) is 14.2 Å². The fraction of sp³-hybridized carbons (Fsp3) is 0.125. The van der Waals surface area contributed by atoms with Gasteiger partial charge in [0, 0.05) is 40.4 Å². The molecule has 0 aliphatic carbocycles. The van der Waals surface area contributed by atoms with Crippen molar-refractivity contribution < 1.29 is 23.9 Å². The number of hydrogen-bond donors (Lipinski definition) is 1. The van der Waals surface area contributed by atoms with Crippen LogP contribution in [0.2, 0.25) is 0 Å². The van der Waals surface area contributed by atoms with Gasteiger partial charge in [-0.1, -0.05) is 24.3 Å². The van der Waals surface area contributed by atoms with Crippen LogP contribution in [0, 0.1) is 10.1 Å². The molecule has 3 aromatic carbocycles. The molecule has 0 saturated carbocycles. The predicted octanol–water partition coefficient (Wildman–Crippen LogP) is 5.00. The third kappa shape index (κ3) is 3.62. The van der Waals surface area contributed by atoms with E-state index in [9.17, 15) is 14.9 Å². The third-order valence-corrected chi connectivity index (χ3v) is 5.24. The molecule has 1 aromatic heterocycles. The molecule has 1 heterocycles. The third-order valence-electron chi connectivity index (χ3n) is 5.24. The van der Waals surface area contributed by atoms with Crippen LogP contribution in [0.4, 0.5) is 5.69 Å². The zero-order valence-corrected chi connectivity index (χ0v) is 17.7. The molecule has 0 bridgehead atoms. The normalized spacial score (nSPS) is 10.7. The van der Waals surface area contributed by atoms with Crippen LogP contribution in [-0.2, 0) is 0 Å². The topological polar surface area (TPSA) is 104 Å². The van der Waals surface area contributed by atoms with Crippen molar-refractivity contribution in [3.8, 4) is 28.4 Å². The Hall–Kier alpha value is -4.33. The van der Waals surface area contributed by atoms with Gasteiger partial charge in [-0.25, -0.2) is 0 Å². The minimum atomic E-state index is -0.426. The van der Waals surface area contributed by atoms with Crippen molar-refractivity contribution in [3.63, 3.8) is 0 Å². The van der Waals surface area contributed by atoms with Gasteiger partial charge in [0.2, 0.25) is 5.75 Å². The smallest absolute Gasteiger partial charge is 0.270 e. The van der Waals surface area contributed by atoms with Gasteiger partial charge < -0.3 is 19.2 Å². The number of nitrogens with one attached hydrogen (secondary N) is 1. The molecule has 0 atom stereocenters. The van der Waals surface area contributed by atoms with Crippen LogP contribution < -0.4 is 14.2 Å². The lowest BCUT2D eigenvalue weighted by molar-refractivity contribution is -0.384. The SMILES string of the molecule is COc1cc(C(=O)c2c[nH]c3cc(-c4cccc([N+](=O)[O-])c4)ccc23)cc(OC)c1OC. The van der Waals surface area contributed by atoms with Crippen molar-refractivity contribution in [2.75, 3.05) is 21.3 Å². The quantitative estimate of drug-likeness (QED) is 0.250. The molecule has 32 heavy (non-hydrogen) atoms. The van der Waals surface area contributed by atoms with Crippen molar-refractivity contribution in [1.82, 2.24) is 4.98 Å². The van der Waals surface area contributed by atoms with Gasteiger partial charge in [0.15, 0.2) is 17.3 Å². The summed E-state index contributed by atoms with van der Waals surface area (Å²) in [6.07, 6.45) is 1.65. The van der Waals surface area contributed by atoms with Crippen molar-refractivity contribution in [2.24, 2.45) is 0 Å². The molecule has 0 aliphatic heterocycles. The number of methoxy groups -OCH3 is 3. The number of fused-ring (bicyclic) bond motifs is 1. The summed E-state index contributed by atoms with van der Waals surface area (Å²) in [4.78, 5) is 27.1. The maximum absolute atomic E-state index is 13.3. The summed E-state index contributed by atoms with van der Waals surface area (Å²) in [7, 11) is 4.49. The zero-order valence-electron chi connectivity index (χ0n) is 17.7. The van der Waals surface area contributed by atoms with Crippen LogP contribution in [0.3, 0.4) is 0 Å². The molecule has 0 saturated heterocycles. The van der Waals surface area contributed by atoms with E-state index < -0.39 is 4.92 Å². The van der Waals surface area contributed by atoms with Crippen LogP contribution in [0.25, 0.3) is 22.0 Å². The Morgan fingerprint density at radius 2 is 1.59 bits per heavy atom. The van der Waals surface area contributed by atoms with E-state index >= 15 is 0 Å².